The van der Waals surface area contributed by atoms with Gasteiger partial charge in [-0.05, 0) is 18.1 Å². The third kappa shape index (κ3) is 4.28. The van der Waals surface area contributed by atoms with Crippen LogP contribution in [0.5, 0.6) is 0 Å². The normalized spacial score (nSPS) is 23.4. The Morgan fingerprint density at radius 3 is 1.79 bits per heavy atom. The topological polar surface area (TPSA) is 81.2 Å². The van der Waals surface area contributed by atoms with E-state index >= 15 is 0 Å². The number of urea groups is 1. The predicted molar refractivity (Wildman–Crippen MR) is 126 cm³/mol. The van der Waals surface area contributed by atoms with E-state index in [2.05, 4.69) is 29.2 Å². The van der Waals surface area contributed by atoms with Crippen LogP contribution in [0.1, 0.15) is 24.1 Å². The molecule has 2 saturated heterocycles. The number of benzene rings is 2. The Kier molecular flexibility index (Phi) is 6.56. The molecular weight excluding hydrogens is 440 g/mol. The first kappa shape index (κ1) is 23.4. The first-order valence-electron chi connectivity index (χ1n) is 11.1. The highest BCUT2D eigenvalue weighted by Gasteiger charge is 2.50. The van der Waals surface area contributed by atoms with Gasteiger partial charge in [0, 0.05) is 40.3 Å². The van der Waals surface area contributed by atoms with Crippen molar-refractivity contribution in [1.29, 1.82) is 0 Å². The second-order valence-corrected chi connectivity index (χ2v) is 10.7. The molecule has 9 heteroatoms. The van der Waals surface area contributed by atoms with Crippen LogP contribution in [0.3, 0.4) is 0 Å². The van der Waals surface area contributed by atoms with Crippen molar-refractivity contribution >= 4 is 22.0 Å². The summed E-state index contributed by atoms with van der Waals surface area (Å²) < 4.78 is 28.4. The van der Waals surface area contributed by atoms with E-state index in [0.717, 1.165) is 16.0 Å². The smallest absolute Gasteiger partial charge is 0.323 e. The number of hydrogen-bond acceptors (Lipinski definition) is 5. The Hall–Kier alpha value is -2.75. The second-order valence-electron chi connectivity index (χ2n) is 8.66. The van der Waals surface area contributed by atoms with Crippen molar-refractivity contribution in [3.05, 3.63) is 71.8 Å². The van der Waals surface area contributed by atoms with Gasteiger partial charge in [-0.3, -0.25) is 14.6 Å². The first-order valence-corrected chi connectivity index (χ1v) is 12.6. The number of rotatable bonds is 5. The molecule has 2 fully saturated rings. The summed E-state index contributed by atoms with van der Waals surface area (Å²) in [6.45, 7) is 3.26. The molecule has 176 valence electrons. The molecule has 2 heterocycles. The monoisotopic (exact) mass is 470 g/mol. The minimum Gasteiger partial charge on any atom is -0.323 e. The maximum Gasteiger partial charge on any atom is 0.326 e. The van der Waals surface area contributed by atoms with E-state index < -0.39 is 33.3 Å². The molecule has 0 aliphatic carbocycles. The lowest BCUT2D eigenvalue weighted by molar-refractivity contribution is -0.130. The Morgan fingerprint density at radius 2 is 1.30 bits per heavy atom. The van der Waals surface area contributed by atoms with Gasteiger partial charge in [0.2, 0.25) is 10.0 Å². The quantitative estimate of drug-likeness (QED) is 0.668. The highest BCUT2D eigenvalue weighted by atomic mass is 32.2. The summed E-state index contributed by atoms with van der Waals surface area (Å²) in [7, 11) is -1.07. The minimum absolute atomic E-state index is 0.0161. The molecule has 0 spiro atoms. The van der Waals surface area contributed by atoms with Crippen molar-refractivity contribution < 1.29 is 18.0 Å². The second kappa shape index (κ2) is 9.24. The van der Waals surface area contributed by atoms with E-state index in [1.54, 1.807) is 6.92 Å². The van der Waals surface area contributed by atoms with Gasteiger partial charge < -0.3 is 4.90 Å². The lowest BCUT2D eigenvalue weighted by Crippen LogP contribution is -2.65. The summed E-state index contributed by atoms with van der Waals surface area (Å²) >= 11 is 0. The van der Waals surface area contributed by atoms with Crippen LogP contribution in [0.4, 0.5) is 4.79 Å². The zero-order valence-corrected chi connectivity index (χ0v) is 20.0. The number of imide groups is 1. The van der Waals surface area contributed by atoms with Crippen molar-refractivity contribution in [1.82, 2.24) is 19.0 Å². The van der Waals surface area contributed by atoms with Crippen LogP contribution in [0, 0.1) is 0 Å². The number of nitrogens with zero attached hydrogens (tertiary/aromatic N) is 4. The maximum absolute atomic E-state index is 13.5. The molecule has 0 saturated carbocycles. The SMILES string of the molecule is CC1C(S(=O)(=O)N2CCN(C(c3ccccc3)c3ccccc3)CC2)C(=O)N(C)C(=O)N1C. The van der Waals surface area contributed by atoms with Crippen molar-refractivity contribution in [2.24, 2.45) is 0 Å². The van der Waals surface area contributed by atoms with Gasteiger partial charge in [0.1, 0.15) is 0 Å². The molecule has 33 heavy (non-hydrogen) atoms. The molecule has 2 aliphatic rings. The molecule has 0 N–H and O–H groups in total. The Labute approximate surface area is 195 Å². The summed E-state index contributed by atoms with van der Waals surface area (Å²) in [5.74, 6) is -0.667. The molecule has 0 radical (unpaired) electrons. The summed E-state index contributed by atoms with van der Waals surface area (Å²) in [6, 6.07) is 19.2. The van der Waals surface area contributed by atoms with Gasteiger partial charge in [-0.25, -0.2) is 13.2 Å². The van der Waals surface area contributed by atoms with Gasteiger partial charge in [-0.2, -0.15) is 4.31 Å². The third-order valence-electron chi connectivity index (χ3n) is 6.76. The average Bonchev–Trinajstić information content (AvgIpc) is 2.83. The molecule has 2 aromatic rings. The maximum atomic E-state index is 13.5. The van der Waals surface area contributed by atoms with Crippen molar-refractivity contribution in [2.45, 2.75) is 24.3 Å². The average molecular weight is 471 g/mol. The number of carbonyl (C=O) groups is 2. The number of carbonyl (C=O) groups excluding carboxylic acids is 2. The van der Waals surface area contributed by atoms with Gasteiger partial charge in [0.05, 0.1) is 12.1 Å². The van der Waals surface area contributed by atoms with E-state index in [4.69, 9.17) is 0 Å². The fourth-order valence-corrected chi connectivity index (χ4v) is 6.83. The van der Waals surface area contributed by atoms with Crippen LogP contribution in [0.2, 0.25) is 0 Å². The Morgan fingerprint density at radius 1 is 0.818 bits per heavy atom. The van der Waals surface area contributed by atoms with Gasteiger partial charge in [-0.1, -0.05) is 60.7 Å². The van der Waals surface area contributed by atoms with Gasteiger partial charge in [0.25, 0.3) is 5.91 Å². The zero-order valence-electron chi connectivity index (χ0n) is 19.2. The number of amides is 3. The van der Waals surface area contributed by atoms with Crippen molar-refractivity contribution in [2.75, 3.05) is 40.3 Å². The number of hydrogen-bond donors (Lipinski definition) is 0. The highest BCUT2D eigenvalue weighted by molar-refractivity contribution is 7.90. The molecule has 3 amide bonds. The number of piperazine rings is 1. The molecule has 2 atom stereocenters. The van der Waals surface area contributed by atoms with E-state index in [-0.39, 0.29) is 19.1 Å². The lowest BCUT2D eigenvalue weighted by Gasteiger charge is -2.43. The molecule has 8 nitrogen and oxygen atoms in total. The molecule has 2 aromatic carbocycles. The first-order chi connectivity index (χ1) is 15.7. The molecule has 2 aliphatic heterocycles. The summed E-state index contributed by atoms with van der Waals surface area (Å²) in [4.78, 5) is 29.5. The third-order valence-corrected chi connectivity index (χ3v) is 9.08. The van der Waals surface area contributed by atoms with Crippen LogP contribution in [0.25, 0.3) is 0 Å². The largest absolute Gasteiger partial charge is 0.326 e. The van der Waals surface area contributed by atoms with E-state index in [9.17, 15) is 18.0 Å². The van der Waals surface area contributed by atoms with Gasteiger partial charge in [-0.15, -0.1) is 0 Å². The van der Waals surface area contributed by atoms with E-state index in [0.29, 0.717) is 13.1 Å². The zero-order chi connectivity index (χ0) is 23.8. The fourth-order valence-electron chi connectivity index (χ4n) is 4.74. The van der Waals surface area contributed by atoms with E-state index in [1.807, 2.05) is 36.4 Å². The van der Waals surface area contributed by atoms with E-state index in [1.165, 1.54) is 23.3 Å². The van der Waals surface area contributed by atoms with Crippen LogP contribution in [-0.4, -0.2) is 90.9 Å². The fraction of sp³-hybridized carbons (Fsp3) is 0.417. The standard InChI is InChI=1S/C24H30N4O4S/c1-18-22(23(29)26(3)24(30)25(18)2)33(31,32)28-16-14-27(15-17-28)21(19-10-6-4-7-11-19)20-12-8-5-9-13-20/h4-13,18,21-22H,14-17H2,1-3H3. The minimum atomic E-state index is -3.93. The molecule has 0 aromatic heterocycles. The van der Waals surface area contributed by atoms with Crippen LogP contribution in [0.15, 0.2) is 60.7 Å². The van der Waals surface area contributed by atoms with Crippen LogP contribution >= 0.6 is 0 Å². The summed E-state index contributed by atoms with van der Waals surface area (Å²) in [5, 5.41) is -1.30. The highest BCUT2D eigenvalue weighted by Crippen LogP contribution is 2.31. The summed E-state index contributed by atoms with van der Waals surface area (Å²) in [5.41, 5.74) is 2.30. The molecule has 4 rings (SSSR count). The Bertz CT molecular complexity index is 1060. The number of sulfonamides is 1. The Balaban J connectivity index is 1.55. The van der Waals surface area contributed by atoms with Crippen LogP contribution < -0.4 is 0 Å². The van der Waals surface area contributed by atoms with Crippen LogP contribution in [-0.2, 0) is 14.8 Å². The van der Waals surface area contributed by atoms with Crippen molar-refractivity contribution in [3.63, 3.8) is 0 Å². The van der Waals surface area contributed by atoms with Gasteiger partial charge in [0.15, 0.2) is 5.25 Å². The predicted octanol–water partition coefficient (Wildman–Crippen LogP) is 2.00. The molecule has 0 bridgehead atoms. The molecule has 2 unspecified atom stereocenters. The summed E-state index contributed by atoms with van der Waals surface area (Å²) in [6.07, 6.45) is 0. The lowest BCUT2D eigenvalue weighted by atomic mass is 9.96. The van der Waals surface area contributed by atoms with Crippen molar-refractivity contribution in [3.8, 4) is 0 Å². The van der Waals surface area contributed by atoms with Gasteiger partial charge >= 0.3 is 6.03 Å². The molecular formula is C24H30N4O4S.